The molecule has 0 aromatic carbocycles. The van der Waals surface area contributed by atoms with Crippen molar-refractivity contribution in [1.29, 1.82) is 0 Å². The van der Waals surface area contributed by atoms with Gasteiger partial charge in [0.1, 0.15) is 0 Å². The highest BCUT2D eigenvalue weighted by atomic mass is 33.1. The first-order valence-corrected chi connectivity index (χ1v) is 8.81. The highest BCUT2D eigenvalue weighted by Gasteiger charge is 2.29. The number of hydrogen-bond donors (Lipinski definition) is 0. The molecule has 2 heteroatoms. The van der Waals surface area contributed by atoms with Gasteiger partial charge in [-0.2, -0.15) is 0 Å². The van der Waals surface area contributed by atoms with Gasteiger partial charge in [0.05, 0.1) is 0 Å². The topological polar surface area (TPSA) is 0 Å². The molecule has 0 aromatic heterocycles. The summed E-state index contributed by atoms with van der Waals surface area (Å²) in [6.07, 6.45) is 7.95. The summed E-state index contributed by atoms with van der Waals surface area (Å²) in [5.74, 6) is 2.12. The molecule has 0 N–H and O–H groups in total. The lowest BCUT2D eigenvalue weighted by Crippen LogP contribution is -2.15. The number of allylic oxidation sites excluding steroid dienone is 1. The molecule has 0 spiro atoms. The van der Waals surface area contributed by atoms with Crippen molar-refractivity contribution in [2.45, 2.75) is 64.0 Å². The minimum absolute atomic E-state index is 0.573. The molecule has 1 unspecified atom stereocenters. The van der Waals surface area contributed by atoms with E-state index >= 15 is 0 Å². The zero-order valence-corrected chi connectivity index (χ0v) is 12.7. The molecule has 0 radical (unpaired) electrons. The van der Waals surface area contributed by atoms with Crippen LogP contribution in [0.1, 0.15) is 59.3 Å². The summed E-state index contributed by atoms with van der Waals surface area (Å²) in [6, 6.07) is 0. The molecule has 0 bridgehead atoms. The summed E-state index contributed by atoms with van der Waals surface area (Å²) in [6.45, 7) is 11.2. The lowest BCUT2D eigenvalue weighted by Gasteiger charge is -2.21. The minimum atomic E-state index is 0.573. The SMILES string of the molecule is C=C(CCCCC1(C)CCSS1)CC(C)C. The summed E-state index contributed by atoms with van der Waals surface area (Å²) in [4.78, 5) is 0. The molecule has 1 rings (SSSR count). The molecule has 16 heavy (non-hydrogen) atoms. The van der Waals surface area contributed by atoms with E-state index in [-0.39, 0.29) is 0 Å². The first-order valence-electron chi connectivity index (χ1n) is 6.49. The molecule has 1 heterocycles. The van der Waals surface area contributed by atoms with E-state index in [0.29, 0.717) is 4.75 Å². The Kier molecular flexibility index (Phi) is 6.35. The van der Waals surface area contributed by atoms with E-state index in [1.807, 2.05) is 0 Å². The first-order chi connectivity index (χ1) is 7.52. The largest absolute Gasteiger partial charge is 0.0999 e. The molecule has 1 aliphatic rings. The molecular weight excluding hydrogens is 232 g/mol. The van der Waals surface area contributed by atoms with E-state index in [1.165, 1.54) is 49.9 Å². The fourth-order valence-electron chi connectivity index (χ4n) is 2.20. The Morgan fingerprint density at radius 1 is 1.38 bits per heavy atom. The van der Waals surface area contributed by atoms with Gasteiger partial charge in [-0.25, -0.2) is 0 Å². The fourth-order valence-corrected chi connectivity index (χ4v) is 5.50. The molecule has 1 fully saturated rings. The smallest absolute Gasteiger partial charge is 0.0243 e. The van der Waals surface area contributed by atoms with Crippen LogP contribution >= 0.6 is 21.6 Å². The molecule has 0 saturated carbocycles. The van der Waals surface area contributed by atoms with Crippen molar-refractivity contribution in [2.24, 2.45) is 5.92 Å². The molecule has 0 aromatic rings. The lowest BCUT2D eigenvalue weighted by molar-refractivity contribution is 0.530. The van der Waals surface area contributed by atoms with Crippen LogP contribution in [0.3, 0.4) is 0 Å². The predicted molar refractivity (Wildman–Crippen MR) is 80.1 cm³/mol. The van der Waals surface area contributed by atoms with Crippen LogP contribution in [0.15, 0.2) is 12.2 Å². The van der Waals surface area contributed by atoms with Gasteiger partial charge in [0, 0.05) is 10.5 Å². The maximum Gasteiger partial charge on any atom is 0.0243 e. The Bertz CT molecular complexity index is 215. The van der Waals surface area contributed by atoms with Crippen LogP contribution in [0.25, 0.3) is 0 Å². The zero-order chi connectivity index (χ0) is 12.0. The Morgan fingerprint density at radius 3 is 2.69 bits per heavy atom. The van der Waals surface area contributed by atoms with Gasteiger partial charge >= 0.3 is 0 Å². The predicted octanol–water partition coefficient (Wildman–Crippen LogP) is 5.69. The third kappa shape index (κ3) is 5.67. The molecule has 94 valence electrons. The van der Waals surface area contributed by atoms with Gasteiger partial charge in [-0.1, -0.05) is 54.0 Å². The van der Waals surface area contributed by atoms with Gasteiger partial charge in [-0.3, -0.25) is 0 Å². The van der Waals surface area contributed by atoms with Crippen molar-refractivity contribution >= 4 is 21.6 Å². The van der Waals surface area contributed by atoms with Crippen LogP contribution in [0.2, 0.25) is 0 Å². The maximum absolute atomic E-state index is 4.17. The number of rotatable bonds is 7. The van der Waals surface area contributed by atoms with Crippen LogP contribution < -0.4 is 0 Å². The van der Waals surface area contributed by atoms with Crippen molar-refractivity contribution in [1.82, 2.24) is 0 Å². The Hall–Kier alpha value is 0.440. The van der Waals surface area contributed by atoms with E-state index in [9.17, 15) is 0 Å². The summed E-state index contributed by atoms with van der Waals surface area (Å²) >= 11 is 0. The van der Waals surface area contributed by atoms with Crippen LogP contribution in [0, 0.1) is 5.92 Å². The second-order valence-corrected chi connectivity index (χ2v) is 8.66. The summed E-state index contributed by atoms with van der Waals surface area (Å²) in [5, 5.41) is 0. The first kappa shape index (κ1) is 14.5. The van der Waals surface area contributed by atoms with Crippen LogP contribution in [0.4, 0.5) is 0 Å². The fraction of sp³-hybridized carbons (Fsp3) is 0.857. The second-order valence-electron chi connectivity index (χ2n) is 5.66. The van der Waals surface area contributed by atoms with E-state index in [1.54, 1.807) is 0 Å². The van der Waals surface area contributed by atoms with Gasteiger partial charge in [-0.15, -0.1) is 0 Å². The third-order valence-electron chi connectivity index (χ3n) is 3.16. The third-order valence-corrected chi connectivity index (χ3v) is 6.52. The van der Waals surface area contributed by atoms with Gasteiger partial charge in [0.15, 0.2) is 0 Å². The summed E-state index contributed by atoms with van der Waals surface area (Å²) in [7, 11) is 4.16. The molecule has 0 nitrogen and oxygen atoms in total. The summed E-state index contributed by atoms with van der Waals surface area (Å²) in [5.41, 5.74) is 1.45. The van der Waals surface area contributed by atoms with Crippen molar-refractivity contribution < 1.29 is 0 Å². The van der Waals surface area contributed by atoms with Crippen LogP contribution in [-0.2, 0) is 0 Å². The van der Waals surface area contributed by atoms with Crippen LogP contribution in [-0.4, -0.2) is 10.5 Å². The minimum Gasteiger partial charge on any atom is -0.0999 e. The van der Waals surface area contributed by atoms with E-state index < -0.39 is 0 Å². The highest BCUT2D eigenvalue weighted by Crippen LogP contribution is 2.49. The lowest BCUT2D eigenvalue weighted by atomic mass is 9.96. The quantitative estimate of drug-likeness (QED) is 0.327. The molecule has 0 amide bonds. The Morgan fingerprint density at radius 2 is 2.12 bits per heavy atom. The molecule has 0 aliphatic carbocycles. The standard InChI is InChI=1S/C14H26S2/c1-12(2)11-13(3)7-5-6-8-14(4)9-10-15-16-14/h12H,3,5-11H2,1-2,4H3. The van der Waals surface area contributed by atoms with Crippen molar-refractivity contribution in [3.63, 3.8) is 0 Å². The summed E-state index contributed by atoms with van der Waals surface area (Å²) < 4.78 is 0.573. The highest BCUT2D eigenvalue weighted by molar-refractivity contribution is 8.77. The van der Waals surface area contributed by atoms with Crippen molar-refractivity contribution in [3.8, 4) is 0 Å². The average molecular weight is 258 g/mol. The average Bonchev–Trinajstić information content (AvgIpc) is 2.59. The number of unbranched alkanes of at least 4 members (excludes halogenated alkanes) is 1. The van der Waals surface area contributed by atoms with Crippen molar-refractivity contribution in [3.05, 3.63) is 12.2 Å². The van der Waals surface area contributed by atoms with Crippen molar-refractivity contribution in [2.75, 3.05) is 5.75 Å². The van der Waals surface area contributed by atoms with E-state index in [4.69, 9.17) is 0 Å². The number of hydrogen-bond acceptors (Lipinski definition) is 2. The van der Waals surface area contributed by atoms with Crippen LogP contribution in [0.5, 0.6) is 0 Å². The van der Waals surface area contributed by atoms with E-state index in [2.05, 4.69) is 48.9 Å². The van der Waals surface area contributed by atoms with E-state index in [0.717, 1.165) is 5.92 Å². The Balaban J connectivity index is 2.05. The van der Waals surface area contributed by atoms with Gasteiger partial charge in [-0.05, 0) is 44.9 Å². The monoisotopic (exact) mass is 258 g/mol. The van der Waals surface area contributed by atoms with Gasteiger partial charge in [0.25, 0.3) is 0 Å². The Labute approximate surface area is 109 Å². The maximum atomic E-state index is 4.17. The normalized spacial score (nSPS) is 25.2. The molecule has 1 atom stereocenters. The van der Waals surface area contributed by atoms with Gasteiger partial charge in [0.2, 0.25) is 0 Å². The second kappa shape index (κ2) is 7.00. The molecule has 1 saturated heterocycles. The molecule has 1 aliphatic heterocycles. The molecular formula is C14H26S2. The van der Waals surface area contributed by atoms with Gasteiger partial charge < -0.3 is 0 Å². The zero-order valence-electron chi connectivity index (χ0n) is 11.1.